The standard InChI is InChI=1S/C7H13O2/c1-3-8-6-5-7-9-4-2/h3H,1-2,4-7H2. The Balaban J connectivity index is 2.66. The highest BCUT2D eigenvalue weighted by Gasteiger charge is 1.83. The third-order valence-electron chi connectivity index (χ3n) is 0.813. The summed E-state index contributed by atoms with van der Waals surface area (Å²) in [5, 5.41) is 0. The molecule has 0 spiro atoms. The Bertz CT molecular complexity index is 61.9. The van der Waals surface area contributed by atoms with Crippen LogP contribution in [-0.2, 0) is 9.47 Å². The van der Waals surface area contributed by atoms with Crippen molar-refractivity contribution >= 4 is 0 Å². The van der Waals surface area contributed by atoms with Crippen molar-refractivity contribution in [1.82, 2.24) is 0 Å². The van der Waals surface area contributed by atoms with E-state index in [1.807, 2.05) is 0 Å². The van der Waals surface area contributed by atoms with Crippen LogP contribution in [0.4, 0.5) is 0 Å². The van der Waals surface area contributed by atoms with Gasteiger partial charge in [0.15, 0.2) is 0 Å². The first kappa shape index (κ1) is 8.50. The molecule has 0 saturated heterocycles. The Labute approximate surface area is 56.5 Å². The van der Waals surface area contributed by atoms with Gasteiger partial charge in [-0.1, -0.05) is 6.58 Å². The first-order valence-corrected chi connectivity index (χ1v) is 3.01. The summed E-state index contributed by atoms with van der Waals surface area (Å²) < 4.78 is 9.80. The monoisotopic (exact) mass is 129 g/mol. The SMILES string of the molecule is [CH2]COCCCOC=C. The summed E-state index contributed by atoms with van der Waals surface area (Å²) in [5.74, 6) is 0. The molecule has 0 N–H and O–H groups in total. The van der Waals surface area contributed by atoms with E-state index in [-0.39, 0.29) is 0 Å². The Kier molecular flexibility index (Phi) is 7.08. The topological polar surface area (TPSA) is 18.5 Å². The molecule has 0 unspecified atom stereocenters. The molecule has 0 rings (SSSR count). The highest BCUT2D eigenvalue weighted by atomic mass is 16.5. The van der Waals surface area contributed by atoms with Crippen LogP contribution in [0.2, 0.25) is 0 Å². The van der Waals surface area contributed by atoms with Crippen LogP contribution >= 0.6 is 0 Å². The van der Waals surface area contributed by atoms with Crippen molar-refractivity contribution < 1.29 is 9.47 Å². The number of hydrogen-bond acceptors (Lipinski definition) is 2. The van der Waals surface area contributed by atoms with E-state index in [0.717, 1.165) is 13.0 Å². The molecule has 0 aromatic heterocycles. The van der Waals surface area contributed by atoms with Crippen molar-refractivity contribution in [3.63, 3.8) is 0 Å². The van der Waals surface area contributed by atoms with Crippen LogP contribution in [0.3, 0.4) is 0 Å². The Morgan fingerprint density at radius 3 is 2.67 bits per heavy atom. The molecule has 0 saturated carbocycles. The van der Waals surface area contributed by atoms with Gasteiger partial charge < -0.3 is 9.47 Å². The molecule has 0 fully saturated rings. The molecule has 0 aromatic carbocycles. The van der Waals surface area contributed by atoms with Gasteiger partial charge in [0.05, 0.1) is 12.9 Å². The smallest absolute Gasteiger partial charge is 0.0895 e. The molecule has 0 aromatic rings. The van der Waals surface area contributed by atoms with E-state index in [1.165, 1.54) is 6.26 Å². The second kappa shape index (κ2) is 7.50. The van der Waals surface area contributed by atoms with E-state index in [0.29, 0.717) is 13.2 Å². The van der Waals surface area contributed by atoms with Gasteiger partial charge in [-0.2, -0.15) is 0 Å². The lowest BCUT2D eigenvalue weighted by Crippen LogP contribution is -1.97. The maximum atomic E-state index is 4.95. The Hall–Kier alpha value is -0.500. The molecular weight excluding hydrogens is 116 g/mol. The molecule has 0 aliphatic rings. The van der Waals surface area contributed by atoms with E-state index < -0.39 is 0 Å². The van der Waals surface area contributed by atoms with Crippen LogP contribution < -0.4 is 0 Å². The lowest BCUT2D eigenvalue weighted by Gasteiger charge is -1.99. The van der Waals surface area contributed by atoms with E-state index in [9.17, 15) is 0 Å². The van der Waals surface area contributed by atoms with Crippen molar-refractivity contribution in [2.24, 2.45) is 0 Å². The Morgan fingerprint density at radius 1 is 1.33 bits per heavy atom. The third-order valence-corrected chi connectivity index (χ3v) is 0.813. The zero-order chi connectivity index (χ0) is 6.95. The fourth-order valence-corrected chi connectivity index (χ4v) is 0.430. The maximum absolute atomic E-state index is 4.95. The van der Waals surface area contributed by atoms with Gasteiger partial charge in [-0.3, -0.25) is 0 Å². The third kappa shape index (κ3) is 7.50. The predicted molar refractivity (Wildman–Crippen MR) is 36.9 cm³/mol. The van der Waals surface area contributed by atoms with Crippen molar-refractivity contribution in [2.75, 3.05) is 19.8 Å². The van der Waals surface area contributed by atoms with E-state index in [4.69, 9.17) is 9.47 Å². The van der Waals surface area contributed by atoms with Crippen molar-refractivity contribution in [3.05, 3.63) is 19.8 Å². The minimum Gasteiger partial charge on any atom is -0.502 e. The van der Waals surface area contributed by atoms with Gasteiger partial charge in [0.1, 0.15) is 0 Å². The number of hydrogen-bond donors (Lipinski definition) is 0. The predicted octanol–water partition coefficient (Wildman–Crippen LogP) is 1.39. The zero-order valence-corrected chi connectivity index (χ0v) is 5.64. The van der Waals surface area contributed by atoms with Gasteiger partial charge >= 0.3 is 0 Å². The van der Waals surface area contributed by atoms with Crippen LogP contribution in [0.15, 0.2) is 12.8 Å². The highest BCUT2D eigenvalue weighted by Crippen LogP contribution is 1.83. The first-order valence-electron chi connectivity index (χ1n) is 3.01. The molecule has 0 aliphatic heterocycles. The van der Waals surface area contributed by atoms with Crippen molar-refractivity contribution in [2.45, 2.75) is 6.42 Å². The zero-order valence-electron chi connectivity index (χ0n) is 5.64. The molecule has 0 bridgehead atoms. The fraction of sp³-hybridized carbons (Fsp3) is 0.571. The number of ether oxygens (including phenoxy) is 2. The van der Waals surface area contributed by atoms with Gasteiger partial charge in [-0.05, 0) is 6.92 Å². The normalized spacial score (nSPS) is 9.00. The second-order valence-corrected chi connectivity index (χ2v) is 1.50. The van der Waals surface area contributed by atoms with E-state index >= 15 is 0 Å². The number of rotatable bonds is 6. The van der Waals surface area contributed by atoms with E-state index in [2.05, 4.69) is 13.5 Å². The van der Waals surface area contributed by atoms with Gasteiger partial charge in [0.25, 0.3) is 0 Å². The lowest BCUT2D eigenvalue weighted by atomic mass is 10.5. The van der Waals surface area contributed by atoms with Gasteiger partial charge in [0, 0.05) is 19.6 Å². The molecule has 0 amide bonds. The average Bonchev–Trinajstić information content (AvgIpc) is 1.89. The lowest BCUT2D eigenvalue weighted by molar-refractivity contribution is 0.132. The van der Waals surface area contributed by atoms with Crippen LogP contribution in [-0.4, -0.2) is 19.8 Å². The molecule has 2 heteroatoms. The molecule has 0 heterocycles. The summed E-state index contributed by atoms with van der Waals surface area (Å²) >= 11 is 0. The van der Waals surface area contributed by atoms with Crippen LogP contribution in [0.1, 0.15) is 6.42 Å². The molecule has 0 aliphatic carbocycles. The minimum atomic E-state index is 0.536. The van der Waals surface area contributed by atoms with Crippen LogP contribution in [0.25, 0.3) is 0 Å². The summed E-state index contributed by atoms with van der Waals surface area (Å²) in [4.78, 5) is 0. The average molecular weight is 129 g/mol. The second-order valence-electron chi connectivity index (χ2n) is 1.50. The van der Waals surface area contributed by atoms with Crippen molar-refractivity contribution in [1.29, 1.82) is 0 Å². The van der Waals surface area contributed by atoms with Gasteiger partial charge in [-0.15, -0.1) is 0 Å². The maximum Gasteiger partial charge on any atom is 0.0895 e. The summed E-state index contributed by atoms with van der Waals surface area (Å²) in [7, 11) is 0. The van der Waals surface area contributed by atoms with E-state index in [1.54, 1.807) is 0 Å². The summed E-state index contributed by atoms with van der Waals surface area (Å²) in [6.07, 6.45) is 2.34. The van der Waals surface area contributed by atoms with Gasteiger partial charge in [-0.25, -0.2) is 0 Å². The largest absolute Gasteiger partial charge is 0.502 e. The molecule has 9 heavy (non-hydrogen) atoms. The summed E-state index contributed by atoms with van der Waals surface area (Å²) in [5.41, 5.74) is 0. The quantitative estimate of drug-likeness (QED) is 0.398. The fourth-order valence-electron chi connectivity index (χ4n) is 0.430. The van der Waals surface area contributed by atoms with Crippen LogP contribution in [0.5, 0.6) is 0 Å². The molecular formula is C7H13O2. The summed E-state index contributed by atoms with van der Waals surface area (Å²) in [6, 6.07) is 0. The molecule has 2 nitrogen and oxygen atoms in total. The van der Waals surface area contributed by atoms with Crippen molar-refractivity contribution in [3.8, 4) is 0 Å². The summed E-state index contributed by atoms with van der Waals surface area (Å²) in [6.45, 7) is 8.86. The molecule has 0 atom stereocenters. The molecule has 1 radical (unpaired) electrons. The van der Waals surface area contributed by atoms with Gasteiger partial charge in [0.2, 0.25) is 0 Å². The molecule has 53 valence electrons. The van der Waals surface area contributed by atoms with Crippen LogP contribution in [0, 0.1) is 6.92 Å². The first-order chi connectivity index (χ1) is 4.41. The highest BCUT2D eigenvalue weighted by molar-refractivity contribution is 4.48. The Morgan fingerprint density at radius 2 is 2.11 bits per heavy atom. The minimum absolute atomic E-state index is 0.536.